The average Bonchev–Trinajstić information content (AvgIpc) is 2.52. The molecular formula is C17H14FNO3. The van der Waals surface area contributed by atoms with Crippen LogP contribution in [0.25, 0.3) is 0 Å². The van der Waals surface area contributed by atoms with E-state index in [2.05, 4.69) is 0 Å². The monoisotopic (exact) mass is 299 g/mol. The molecule has 0 spiro atoms. The lowest BCUT2D eigenvalue weighted by Crippen LogP contribution is -2.46. The number of benzene rings is 2. The number of Topliss-reactive ketones (excluding diaryl/α,β-unsaturated/α-hetero) is 1. The van der Waals surface area contributed by atoms with Gasteiger partial charge in [0.1, 0.15) is 11.6 Å². The van der Waals surface area contributed by atoms with Gasteiger partial charge in [-0.15, -0.1) is 0 Å². The first-order valence-electron chi connectivity index (χ1n) is 6.92. The normalized spacial score (nSPS) is 16.9. The predicted octanol–water partition coefficient (Wildman–Crippen LogP) is 2.82. The van der Waals surface area contributed by atoms with Crippen molar-refractivity contribution in [1.29, 1.82) is 0 Å². The highest BCUT2D eigenvalue weighted by Gasteiger charge is 2.32. The number of nitrogens with zero attached hydrogens (tertiary/aromatic N) is 1. The summed E-state index contributed by atoms with van der Waals surface area (Å²) in [6.07, 6.45) is -0.643. The number of fused-ring (bicyclic) bond motifs is 1. The van der Waals surface area contributed by atoms with Crippen molar-refractivity contribution in [3.8, 4) is 5.75 Å². The van der Waals surface area contributed by atoms with Gasteiger partial charge in [0.15, 0.2) is 11.9 Å². The van der Waals surface area contributed by atoms with E-state index in [1.165, 1.54) is 29.2 Å². The van der Waals surface area contributed by atoms with E-state index in [9.17, 15) is 14.0 Å². The molecule has 1 aliphatic heterocycles. The number of hydrogen-bond acceptors (Lipinski definition) is 3. The first-order valence-corrected chi connectivity index (χ1v) is 6.92. The van der Waals surface area contributed by atoms with E-state index >= 15 is 0 Å². The van der Waals surface area contributed by atoms with E-state index in [0.717, 1.165) is 0 Å². The van der Waals surface area contributed by atoms with E-state index in [0.29, 0.717) is 17.0 Å². The summed E-state index contributed by atoms with van der Waals surface area (Å²) in [5, 5.41) is 0. The maximum atomic E-state index is 12.9. The number of carbonyl (C=O) groups is 2. The maximum Gasteiger partial charge on any atom is 0.268 e. The van der Waals surface area contributed by atoms with E-state index in [-0.39, 0.29) is 18.2 Å². The summed E-state index contributed by atoms with van der Waals surface area (Å²) in [4.78, 5) is 26.0. The lowest BCUT2D eigenvalue weighted by atomic mass is 10.1. The molecular weight excluding hydrogens is 285 g/mol. The lowest BCUT2D eigenvalue weighted by molar-refractivity contribution is -0.125. The van der Waals surface area contributed by atoms with Gasteiger partial charge in [0.25, 0.3) is 5.91 Å². The van der Waals surface area contributed by atoms with Crippen LogP contribution < -0.4 is 9.64 Å². The molecule has 0 N–H and O–H groups in total. The standard InChI is InChI=1S/C17H14FNO3/c1-11-17(21)19(14-4-2-3-5-16(14)22-11)10-15(20)12-6-8-13(18)9-7-12/h2-9,11H,10H2,1H3/t11-/m1/s1. The molecule has 0 bridgehead atoms. The fourth-order valence-electron chi connectivity index (χ4n) is 2.39. The smallest absolute Gasteiger partial charge is 0.268 e. The van der Waals surface area contributed by atoms with Crippen molar-refractivity contribution >= 4 is 17.4 Å². The first-order chi connectivity index (χ1) is 10.6. The fourth-order valence-corrected chi connectivity index (χ4v) is 2.39. The number of hydrogen-bond donors (Lipinski definition) is 0. The molecule has 0 saturated heterocycles. The average molecular weight is 299 g/mol. The molecule has 5 heteroatoms. The Labute approximate surface area is 127 Å². The number of halogens is 1. The van der Waals surface area contributed by atoms with Crippen LogP contribution in [0.1, 0.15) is 17.3 Å². The second-order valence-electron chi connectivity index (χ2n) is 5.08. The molecule has 0 unspecified atom stereocenters. The summed E-state index contributed by atoms with van der Waals surface area (Å²) in [5.41, 5.74) is 0.937. The minimum atomic E-state index is -0.643. The number of para-hydroxylation sites is 2. The highest BCUT2D eigenvalue weighted by Crippen LogP contribution is 2.33. The van der Waals surface area contributed by atoms with Gasteiger partial charge in [-0.1, -0.05) is 12.1 Å². The Bertz CT molecular complexity index is 727. The van der Waals surface area contributed by atoms with Crippen LogP contribution in [0.5, 0.6) is 5.75 Å². The molecule has 2 aromatic carbocycles. The lowest BCUT2D eigenvalue weighted by Gasteiger charge is -2.32. The molecule has 4 nitrogen and oxygen atoms in total. The second kappa shape index (κ2) is 5.60. The van der Waals surface area contributed by atoms with Gasteiger partial charge in [-0.2, -0.15) is 0 Å². The summed E-state index contributed by atoms with van der Waals surface area (Å²) in [6.45, 7) is 1.54. The molecule has 1 heterocycles. The van der Waals surface area contributed by atoms with Gasteiger partial charge in [0.05, 0.1) is 12.2 Å². The number of ketones is 1. The van der Waals surface area contributed by atoms with Crippen molar-refractivity contribution in [1.82, 2.24) is 0 Å². The summed E-state index contributed by atoms with van der Waals surface area (Å²) >= 11 is 0. The van der Waals surface area contributed by atoms with Crippen molar-refractivity contribution in [3.05, 3.63) is 59.9 Å². The second-order valence-corrected chi connectivity index (χ2v) is 5.08. The quantitative estimate of drug-likeness (QED) is 0.819. The van der Waals surface area contributed by atoms with Gasteiger partial charge in [-0.3, -0.25) is 14.5 Å². The largest absolute Gasteiger partial charge is 0.479 e. The van der Waals surface area contributed by atoms with Crippen LogP contribution in [0, 0.1) is 5.82 Å². The van der Waals surface area contributed by atoms with Gasteiger partial charge in [0, 0.05) is 5.56 Å². The third-order valence-corrected chi connectivity index (χ3v) is 3.54. The molecule has 3 rings (SSSR count). The van der Waals surface area contributed by atoms with Gasteiger partial charge in [0.2, 0.25) is 0 Å². The topological polar surface area (TPSA) is 46.6 Å². The molecule has 0 fully saturated rings. The van der Waals surface area contributed by atoms with E-state index in [4.69, 9.17) is 4.74 Å². The van der Waals surface area contributed by atoms with E-state index in [1.807, 2.05) is 0 Å². The summed E-state index contributed by atoms with van der Waals surface area (Å²) in [6, 6.07) is 12.4. The third-order valence-electron chi connectivity index (χ3n) is 3.54. The van der Waals surface area contributed by atoms with E-state index < -0.39 is 11.9 Å². The molecule has 22 heavy (non-hydrogen) atoms. The molecule has 0 radical (unpaired) electrons. The van der Waals surface area contributed by atoms with Crippen LogP contribution in [-0.2, 0) is 4.79 Å². The van der Waals surface area contributed by atoms with Crippen LogP contribution in [0.2, 0.25) is 0 Å². The molecule has 2 aromatic rings. The predicted molar refractivity (Wildman–Crippen MR) is 79.6 cm³/mol. The molecule has 1 atom stereocenters. The highest BCUT2D eigenvalue weighted by molar-refractivity contribution is 6.08. The number of ether oxygens (including phenoxy) is 1. The molecule has 0 aliphatic carbocycles. The molecule has 0 saturated carbocycles. The number of rotatable bonds is 3. The van der Waals surface area contributed by atoms with Crippen LogP contribution in [0.15, 0.2) is 48.5 Å². The highest BCUT2D eigenvalue weighted by atomic mass is 19.1. The zero-order valence-corrected chi connectivity index (χ0v) is 12.0. The SMILES string of the molecule is C[C@H]1Oc2ccccc2N(CC(=O)c2ccc(F)cc2)C1=O. The van der Waals surface area contributed by atoms with Crippen LogP contribution in [0.4, 0.5) is 10.1 Å². The summed E-state index contributed by atoms with van der Waals surface area (Å²) < 4.78 is 18.5. The summed E-state index contributed by atoms with van der Waals surface area (Å²) in [7, 11) is 0. The van der Waals surface area contributed by atoms with Crippen LogP contribution >= 0.6 is 0 Å². The number of carbonyl (C=O) groups excluding carboxylic acids is 2. The Kier molecular flexibility index (Phi) is 3.63. The molecule has 112 valence electrons. The van der Waals surface area contributed by atoms with Crippen molar-refractivity contribution < 1.29 is 18.7 Å². The van der Waals surface area contributed by atoms with Crippen molar-refractivity contribution in [2.45, 2.75) is 13.0 Å². The van der Waals surface area contributed by atoms with Gasteiger partial charge in [-0.05, 0) is 43.3 Å². The van der Waals surface area contributed by atoms with Crippen molar-refractivity contribution in [2.75, 3.05) is 11.4 Å². The molecule has 1 aliphatic rings. The van der Waals surface area contributed by atoms with Crippen molar-refractivity contribution in [3.63, 3.8) is 0 Å². The van der Waals surface area contributed by atoms with E-state index in [1.54, 1.807) is 31.2 Å². The number of amides is 1. The summed E-state index contributed by atoms with van der Waals surface area (Å²) in [5.74, 6) is -0.356. The van der Waals surface area contributed by atoms with Crippen LogP contribution in [-0.4, -0.2) is 24.3 Å². The number of anilines is 1. The van der Waals surface area contributed by atoms with Crippen molar-refractivity contribution in [2.24, 2.45) is 0 Å². The Morgan fingerprint density at radius 1 is 1.18 bits per heavy atom. The molecule has 1 amide bonds. The Balaban J connectivity index is 1.89. The Hall–Kier alpha value is -2.69. The minimum absolute atomic E-state index is 0.102. The Morgan fingerprint density at radius 2 is 1.86 bits per heavy atom. The zero-order chi connectivity index (χ0) is 15.7. The molecule has 0 aromatic heterocycles. The maximum absolute atomic E-state index is 12.9. The van der Waals surface area contributed by atoms with Gasteiger partial charge >= 0.3 is 0 Å². The van der Waals surface area contributed by atoms with Gasteiger partial charge < -0.3 is 4.74 Å². The third kappa shape index (κ3) is 2.57. The van der Waals surface area contributed by atoms with Crippen LogP contribution in [0.3, 0.4) is 0 Å². The minimum Gasteiger partial charge on any atom is -0.479 e. The van der Waals surface area contributed by atoms with Gasteiger partial charge in [-0.25, -0.2) is 4.39 Å². The zero-order valence-electron chi connectivity index (χ0n) is 12.0. The fraction of sp³-hybridized carbons (Fsp3) is 0.176. The Morgan fingerprint density at radius 3 is 2.59 bits per heavy atom. The first kappa shape index (κ1) is 14.3.